The van der Waals surface area contributed by atoms with Crippen LogP contribution < -0.4 is 14.8 Å². The molecule has 182 valence electrons. The van der Waals surface area contributed by atoms with Gasteiger partial charge in [0, 0.05) is 24.0 Å². The molecule has 0 aromatic heterocycles. The third-order valence-corrected chi connectivity index (χ3v) is 6.99. The highest BCUT2D eigenvalue weighted by molar-refractivity contribution is 6.31. The van der Waals surface area contributed by atoms with E-state index in [1.54, 1.807) is 4.90 Å². The highest BCUT2D eigenvalue weighted by Gasteiger charge is 2.30. The Morgan fingerprint density at radius 1 is 1.09 bits per heavy atom. The lowest BCUT2D eigenvalue weighted by atomic mass is 10.0. The van der Waals surface area contributed by atoms with Gasteiger partial charge in [0.25, 0.3) is 0 Å². The molecule has 0 spiro atoms. The van der Waals surface area contributed by atoms with Crippen molar-refractivity contribution in [1.82, 2.24) is 10.2 Å². The van der Waals surface area contributed by atoms with E-state index < -0.39 is 6.04 Å². The third kappa shape index (κ3) is 6.03. The van der Waals surface area contributed by atoms with Crippen molar-refractivity contribution in [2.24, 2.45) is 0 Å². The Bertz CT molecular complexity index is 1010. The normalized spacial score (nSPS) is 16.2. The van der Waals surface area contributed by atoms with E-state index in [9.17, 15) is 9.59 Å². The van der Waals surface area contributed by atoms with E-state index in [4.69, 9.17) is 21.1 Å². The molecule has 0 radical (unpaired) electrons. The smallest absolute Gasteiger partial charge is 0.243 e. The fraction of sp³-hybridized carbons (Fsp3) is 0.481. The Balaban J connectivity index is 1.49. The highest BCUT2D eigenvalue weighted by atomic mass is 35.5. The molecule has 1 saturated carbocycles. The van der Waals surface area contributed by atoms with E-state index in [-0.39, 0.29) is 24.3 Å². The first-order valence-electron chi connectivity index (χ1n) is 12.3. The number of ether oxygens (including phenoxy) is 2. The number of amides is 2. The van der Waals surface area contributed by atoms with Gasteiger partial charge in [0.1, 0.15) is 19.3 Å². The fourth-order valence-corrected chi connectivity index (χ4v) is 4.93. The maximum Gasteiger partial charge on any atom is 0.243 e. The number of halogens is 1. The SMILES string of the molecule is CC[C@H](C(=O)NC1CCCC1)N(Cc1ccccc1Cl)C(=O)CCc1ccc2c(c1)OCCO2. The second-order valence-electron chi connectivity index (χ2n) is 9.01. The van der Waals surface area contributed by atoms with Gasteiger partial charge in [0.15, 0.2) is 11.5 Å². The lowest BCUT2D eigenvalue weighted by Crippen LogP contribution is -2.51. The number of hydrogen-bond donors (Lipinski definition) is 1. The number of benzene rings is 2. The fourth-order valence-electron chi connectivity index (χ4n) is 4.74. The van der Waals surface area contributed by atoms with Gasteiger partial charge >= 0.3 is 0 Å². The van der Waals surface area contributed by atoms with Crippen LogP contribution in [0, 0.1) is 0 Å². The van der Waals surface area contributed by atoms with Crippen LogP contribution in [-0.4, -0.2) is 42.0 Å². The van der Waals surface area contributed by atoms with E-state index in [0.29, 0.717) is 43.4 Å². The summed E-state index contributed by atoms with van der Waals surface area (Å²) in [7, 11) is 0. The molecule has 6 nitrogen and oxygen atoms in total. The van der Waals surface area contributed by atoms with Gasteiger partial charge in [-0.05, 0) is 55.0 Å². The first-order chi connectivity index (χ1) is 16.5. The molecular weight excluding hydrogens is 452 g/mol. The number of aryl methyl sites for hydroxylation is 1. The van der Waals surface area contributed by atoms with Crippen LogP contribution in [0.25, 0.3) is 0 Å². The Morgan fingerprint density at radius 2 is 1.82 bits per heavy atom. The molecule has 4 rings (SSSR count). The third-order valence-electron chi connectivity index (χ3n) is 6.62. The van der Waals surface area contributed by atoms with Crippen LogP contribution in [-0.2, 0) is 22.6 Å². The number of fused-ring (bicyclic) bond motifs is 1. The maximum atomic E-state index is 13.5. The van der Waals surface area contributed by atoms with Crippen molar-refractivity contribution in [2.45, 2.75) is 70.5 Å². The molecule has 2 amide bonds. The lowest BCUT2D eigenvalue weighted by Gasteiger charge is -2.32. The summed E-state index contributed by atoms with van der Waals surface area (Å²) in [6, 6.07) is 12.9. The monoisotopic (exact) mass is 484 g/mol. The molecule has 1 aliphatic carbocycles. The molecule has 0 unspecified atom stereocenters. The topological polar surface area (TPSA) is 67.9 Å². The van der Waals surface area contributed by atoms with Gasteiger partial charge in [-0.2, -0.15) is 0 Å². The molecule has 1 N–H and O–H groups in total. The molecule has 1 heterocycles. The van der Waals surface area contributed by atoms with Crippen LogP contribution in [0.4, 0.5) is 0 Å². The molecule has 2 aromatic carbocycles. The van der Waals surface area contributed by atoms with Crippen LogP contribution in [0.15, 0.2) is 42.5 Å². The quantitative estimate of drug-likeness (QED) is 0.549. The largest absolute Gasteiger partial charge is 0.486 e. The minimum atomic E-state index is -0.537. The summed E-state index contributed by atoms with van der Waals surface area (Å²) >= 11 is 6.41. The molecule has 2 aliphatic rings. The zero-order valence-electron chi connectivity index (χ0n) is 19.7. The number of rotatable bonds is 9. The van der Waals surface area contributed by atoms with Crippen LogP contribution in [0.1, 0.15) is 56.6 Å². The second kappa shape index (κ2) is 11.6. The van der Waals surface area contributed by atoms with Gasteiger partial charge in [-0.15, -0.1) is 0 Å². The molecular formula is C27H33ClN2O4. The summed E-state index contributed by atoms with van der Waals surface area (Å²) in [6.45, 7) is 3.32. The number of hydrogen-bond acceptors (Lipinski definition) is 4. The lowest BCUT2D eigenvalue weighted by molar-refractivity contribution is -0.141. The van der Waals surface area contributed by atoms with Crippen molar-refractivity contribution in [3.63, 3.8) is 0 Å². The molecule has 34 heavy (non-hydrogen) atoms. The van der Waals surface area contributed by atoms with Crippen molar-refractivity contribution in [3.8, 4) is 11.5 Å². The minimum absolute atomic E-state index is 0.0665. The predicted molar refractivity (Wildman–Crippen MR) is 132 cm³/mol. The van der Waals surface area contributed by atoms with E-state index in [0.717, 1.165) is 42.6 Å². The van der Waals surface area contributed by atoms with Gasteiger partial charge in [0.2, 0.25) is 11.8 Å². The molecule has 0 saturated heterocycles. The van der Waals surface area contributed by atoms with Gasteiger partial charge in [-0.3, -0.25) is 9.59 Å². The van der Waals surface area contributed by atoms with E-state index >= 15 is 0 Å². The average molecular weight is 485 g/mol. The van der Waals surface area contributed by atoms with Crippen molar-refractivity contribution >= 4 is 23.4 Å². The summed E-state index contributed by atoms with van der Waals surface area (Å²) in [5.74, 6) is 1.31. The van der Waals surface area contributed by atoms with Gasteiger partial charge in [-0.1, -0.05) is 55.6 Å². The average Bonchev–Trinajstić information content (AvgIpc) is 3.36. The number of nitrogens with one attached hydrogen (secondary N) is 1. The first-order valence-corrected chi connectivity index (χ1v) is 12.6. The molecule has 0 bridgehead atoms. The Kier molecular flexibility index (Phi) is 8.33. The number of nitrogens with zero attached hydrogens (tertiary/aromatic N) is 1. The van der Waals surface area contributed by atoms with Gasteiger partial charge < -0.3 is 19.7 Å². The molecule has 2 aromatic rings. The summed E-state index contributed by atoms with van der Waals surface area (Å²) < 4.78 is 11.3. The molecule has 7 heteroatoms. The predicted octanol–water partition coefficient (Wildman–Crippen LogP) is 4.91. The summed E-state index contributed by atoms with van der Waals surface area (Å²) in [6.07, 6.45) is 5.67. The van der Waals surface area contributed by atoms with E-state index in [1.807, 2.05) is 49.4 Å². The zero-order valence-corrected chi connectivity index (χ0v) is 20.5. The highest BCUT2D eigenvalue weighted by Crippen LogP contribution is 2.31. The minimum Gasteiger partial charge on any atom is -0.486 e. The van der Waals surface area contributed by atoms with Crippen LogP contribution in [0.5, 0.6) is 11.5 Å². The van der Waals surface area contributed by atoms with Gasteiger partial charge in [0.05, 0.1) is 0 Å². The maximum absolute atomic E-state index is 13.5. The van der Waals surface area contributed by atoms with Crippen molar-refractivity contribution in [3.05, 3.63) is 58.6 Å². The number of carbonyl (C=O) groups excluding carboxylic acids is 2. The van der Waals surface area contributed by atoms with Crippen LogP contribution in [0.3, 0.4) is 0 Å². The molecule has 1 atom stereocenters. The first kappa shape index (κ1) is 24.4. The molecule has 1 fully saturated rings. The van der Waals surface area contributed by atoms with Crippen molar-refractivity contribution in [1.29, 1.82) is 0 Å². The van der Waals surface area contributed by atoms with Crippen molar-refractivity contribution < 1.29 is 19.1 Å². The summed E-state index contributed by atoms with van der Waals surface area (Å²) in [5.41, 5.74) is 1.84. The van der Waals surface area contributed by atoms with Crippen LogP contribution in [0.2, 0.25) is 5.02 Å². The van der Waals surface area contributed by atoms with E-state index in [1.165, 1.54) is 0 Å². The van der Waals surface area contributed by atoms with Crippen molar-refractivity contribution in [2.75, 3.05) is 13.2 Å². The summed E-state index contributed by atoms with van der Waals surface area (Å²) in [4.78, 5) is 28.4. The Morgan fingerprint density at radius 3 is 2.56 bits per heavy atom. The van der Waals surface area contributed by atoms with Gasteiger partial charge in [-0.25, -0.2) is 0 Å². The summed E-state index contributed by atoms with van der Waals surface area (Å²) in [5, 5.41) is 3.77. The molecule has 1 aliphatic heterocycles. The Labute approximate surface area is 206 Å². The van der Waals surface area contributed by atoms with Crippen LogP contribution >= 0.6 is 11.6 Å². The standard InChI is InChI=1S/C27H33ClN2O4/c1-2-23(27(32)29-21-8-4-5-9-21)30(18-20-7-3-6-10-22(20)28)26(31)14-12-19-11-13-24-25(17-19)34-16-15-33-24/h3,6-7,10-11,13,17,21,23H,2,4-5,8-9,12,14-16,18H2,1H3,(H,29,32)/t23-/m1/s1. The van der Waals surface area contributed by atoms with E-state index in [2.05, 4.69) is 5.32 Å². The second-order valence-corrected chi connectivity index (χ2v) is 9.41. The zero-order chi connectivity index (χ0) is 23.9. The Hall–Kier alpha value is -2.73. The number of carbonyl (C=O) groups is 2.